The third-order valence-corrected chi connectivity index (χ3v) is 4.23. The molecule has 0 spiro atoms. The summed E-state index contributed by atoms with van der Waals surface area (Å²) in [6.45, 7) is 0. The molecule has 0 radical (unpaired) electrons. The van der Waals surface area contributed by atoms with Gasteiger partial charge in [0.2, 0.25) is 5.91 Å². The number of aliphatic carboxylic acids is 1. The van der Waals surface area contributed by atoms with Crippen LogP contribution in [0.3, 0.4) is 0 Å². The highest BCUT2D eigenvalue weighted by molar-refractivity contribution is 7.98. The lowest BCUT2D eigenvalue weighted by Gasteiger charge is -2.13. The van der Waals surface area contributed by atoms with Gasteiger partial charge in [-0.25, -0.2) is 4.79 Å². The lowest BCUT2D eigenvalue weighted by atomic mass is 10.2. The van der Waals surface area contributed by atoms with Crippen molar-refractivity contribution in [3.63, 3.8) is 0 Å². The van der Waals surface area contributed by atoms with Crippen molar-refractivity contribution in [2.75, 3.05) is 12.0 Å². The molecule has 0 aliphatic rings. The van der Waals surface area contributed by atoms with E-state index in [1.165, 1.54) is 4.88 Å². The molecular formula is C13H19NO3S2. The van der Waals surface area contributed by atoms with Gasteiger partial charge in [0, 0.05) is 11.3 Å². The molecule has 4 nitrogen and oxygen atoms in total. The van der Waals surface area contributed by atoms with E-state index in [1.54, 1.807) is 23.1 Å². The second-order valence-corrected chi connectivity index (χ2v) is 6.19. The number of carboxylic acids is 1. The molecular weight excluding hydrogens is 282 g/mol. The van der Waals surface area contributed by atoms with E-state index in [0.29, 0.717) is 12.8 Å². The monoisotopic (exact) mass is 301 g/mol. The zero-order valence-corrected chi connectivity index (χ0v) is 12.6. The van der Waals surface area contributed by atoms with Crippen LogP contribution in [0.4, 0.5) is 0 Å². The van der Waals surface area contributed by atoms with E-state index in [1.807, 2.05) is 23.8 Å². The van der Waals surface area contributed by atoms with E-state index in [9.17, 15) is 9.59 Å². The number of thioether (sulfide) groups is 1. The molecule has 1 heterocycles. The molecule has 0 aliphatic heterocycles. The van der Waals surface area contributed by atoms with Crippen molar-refractivity contribution < 1.29 is 14.7 Å². The van der Waals surface area contributed by atoms with E-state index in [2.05, 4.69) is 5.32 Å². The summed E-state index contributed by atoms with van der Waals surface area (Å²) in [5, 5.41) is 13.6. The van der Waals surface area contributed by atoms with Crippen molar-refractivity contribution in [3.05, 3.63) is 22.4 Å². The van der Waals surface area contributed by atoms with Crippen molar-refractivity contribution in [1.82, 2.24) is 5.32 Å². The second-order valence-electron chi connectivity index (χ2n) is 4.17. The standard InChI is InChI=1S/C13H19NO3S2/c1-18-9-7-11(13(16)17)14-12(15)6-2-4-10-5-3-8-19-10/h3,5,8,11H,2,4,6-7,9H2,1H3,(H,14,15)(H,16,17)/t11-/m1/s1. The fourth-order valence-electron chi connectivity index (χ4n) is 1.64. The number of hydrogen-bond donors (Lipinski definition) is 2. The van der Waals surface area contributed by atoms with Gasteiger partial charge in [-0.1, -0.05) is 6.07 Å². The Labute approximate surface area is 121 Å². The first-order chi connectivity index (χ1) is 9.13. The van der Waals surface area contributed by atoms with Crippen LogP contribution in [0.5, 0.6) is 0 Å². The number of carbonyl (C=O) groups excluding carboxylic acids is 1. The van der Waals surface area contributed by atoms with E-state index >= 15 is 0 Å². The second kappa shape index (κ2) is 8.98. The zero-order valence-electron chi connectivity index (χ0n) is 10.9. The molecule has 0 fully saturated rings. The maximum Gasteiger partial charge on any atom is 0.326 e. The van der Waals surface area contributed by atoms with Gasteiger partial charge in [-0.15, -0.1) is 11.3 Å². The summed E-state index contributed by atoms with van der Waals surface area (Å²) in [4.78, 5) is 23.9. The summed E-state index contributed by atoms with van der Waals surface area (Å²) in [5.74, 6) is -0.405. The number of amides is 1. The summed E-state index contributed by atoms with van der Waals surface area (Å²) >= 11 is 3.25. The van der Waals surface area contributed by atoms with Crippen molar-refractivity contribution >= 4 is 35.0 Å². The first-order valence-electron chi connectivity index (χ1n) is 6.17. The lowest BCUT2D eigenvalue weighted by Crippen LogP contribution is -2.41. The van der Waals surface area contributed by atoms with Crippen LogP contribution in [0.15, 0.2) is 17.5 Å². The fraction of sp³-hybridized carbons (Fsp3) is 0.538. The van der Waals surface area contributed by atoms with E-state index in [4.69, 9.17) is 5.11 Å². The Kier molecular flexibility index (Phi) is 7.59. The fourth-order valence-corrected chi connectivity index (χ4v) is 2.86. The molecule has 1 atom stereocenters. The summed E-state index contributed by atoms with van der Waals surface area (Å²) in [6.07, 6.45) is 4.38. The predicted octanol–water partition coefficient (Wildman–Crippen LogP) is 2.39. The Hall–Kier alpha value is -1.01. The van der Waals surface area contributed by atoms with Gasteiger partial charge in [-0.05, 0) is 42.7 Å². The van der Waals surface area contributed by atoms with Gasteiger partial charge in [0.05, 0.1) is 0 Å². The maximum atomic E-state index is 11.7. The first-order valence-corrected chi connectivity index (χ1v) is 8.44. The molecule has 1 aromatic rings. The van der Waals surface area contributed by atoms with Crippen molar-refractivity contribution in [2.24, 2.45) is 0 Å². The molecule has 0 saturated heterocycles. The number of rotatable bonds is 9. The van der Waals surface area contributed by atoms with Crippen LogP contribution in [0.25, 0.3) is 0 Å². The van der Waals surface area contributed by atoms with E-state index in [0.717, 1.165) is 18.6 Å². The summed E-state index contributed by atoms with van der Waals surface area (Å²) in [7, 11) is 0. The SMILES string of the molecule is CSCC[C@@H](NC(=O)CCCc1cccs1)C(=O)O. The topological polar surface area (TPSA) is 66.4 Å². The largest absolute Gasteiger partial charge is 0.480 e. The van der Waals surface area contributed by atoms with Crippen molar-refractivity contribution in [3.8, 4) is 0 Å². The van der Waals surface area contributed by atoms with Crippen LogP contribution in [0.1, 0.15) is 24.1 Å². The van der Waals surface area contributed by atoms with Crippen LogP contribution in [0.2, 0.25) is 0 Å². The number of hydrogen-bond acceptors (Lipinski definition) is 4. The molecule has 106 valence electrons. The van der Waals surface area contributed by atoms with Gasteiger partial charge in [0.25, 0.3) is 0 Å². The van der Waals surface area contributed by atoms with Crippen LogP contribution < -0.4 is 5.32 Å². The molecule has 0 unspecified atom stereocenters. The molecule has 19 heavy (non-hydrogen) atoms. The first kappa shape index (κ1) is 16.0. The smallest absolute Gasteiger partial charge is 0.326 e. The van der Waals surface area contributed by atoms with E-state index in [-0.39, 0.29) is 5.91 Å². The highest BCUT2D eigenvalue weighted by Crippen LogP contribution is 2.12. The number of nitrogens with one attached hydrogen (secondary N) is 1. The molecule has 2 N–H and O–H groups in total. The summed E-state index contributed by atoms with van der Waals surface area (Å²) < 4.78 is 0. The number of thiophene rings is 1. The van der Waals surface area contributed by atoms with Gasteiger partial charge in [-0.2, -0.15) is 11.8 Å². The third kappa shape index (κ3) is 6.63. The van der Waals surface area contributed by atoms with Crippen molar-refractivity contribution in [1.29, 1.82) is 0 Å². The molecule has 0 bridgehead atoms. The lowest BCUT2D eigenvalue weighted by molar-refractivity contribution is -0.141. The minimum Gasteiger partial charge on any atom is -0.480 e. The van der Waals surface area contributed by atoms with Crippen LogP contribution in [-0.4, -0.2) is 35.0 Å². The molecule has 0 aromatic carbocycles. The highest BCUT2D eigenvalue weighted by Gasteiger charge is 2.18. The predicted molar refractivity (Wildman–Crippen MR) is 79.8 cm³/mol. The molecule has 6 heteroatoms. The molecule has 1 rings (SSSR count). The molecule has 1 amide bonds. The summed E-state index contributed by atoms with van der Waals surface area (Å²) in [5.41, 5.74) is 0. The van der Waals surface area contributed by atoms with Gasteiger partial charge >= 0.3 is 5.97 Å². The molecule has 0 saturated carbocycles. The van der Waals surface area contributed by atoms with Crippen molar-refractivity contribution in [2.45, 2.75) is 31.7 Å². The summed E-state index contributed by atoms with van der Waals surface area (Å²) in [6, 6.07) is 3.27. The minimum atomic E-state index is -0.958. The van der Waals surface area contributed by atoms with Gasteiger partial charge in [0.1, 0.15) is 6.04 Å². The van der Waals surface area contributed by atoms with Crippen LogP contribution in [-0.2, 0) is 16.0 Å². The quantitative estimate of drug-likeness (QED) is 0.735. The Balaban J connectivity index is 2.25. The zero-order chi connectivity index (χ0) is 14.1. The number of carbonyl (C=O) groups is 2. The number of carboxylic acid groups (broad SMARTS) is 1. The third-order valence-electron chi connectivity index (χ3n) is 2.65. The number of aryl methyl sites for hydroxylation is 1. The average Bonchev–Trinajstić information content (AvgIpc) is 2.87. The Morgan fingerprint density at radius 2 is 2.32 bits per heavy atom. The van der Waals surface area contributed by atoms with Gasteiger partial charge in [0.15, 0.2) is 0 Å². The minimum absolute atomic E-state index is 0.176. The maximum absolute atomic E-state index is 11.7. The molecule has 1 aromatic heterocycles. The average molecular weight is 301 g/mol. The highest BCUT2D eigenvalue weighted by atomic mass is 32.2. The Bertz CT molecular complexity index is 393. The van der Waals surface area contributed by atoms with E-state index < -0.39 is 12.0 Å². The Morgan fingerprint density at radius 1 is 1.53 bits per heavy atom. The van der Waals surface area contributed by atoms with Crippen LogP contribution >= 0.6 is 23.1 Å². The normalized spacial score (nSPS) is 12.1. The molecule has 0 aliphatic carbocycles. The van der Waals surface area contributed by atoms with Gasteiger partial charge < -0.3 is 10.4 Å². The van der Waals surface area contributed by atoms with Gasteiger partial charge in [-0.3, -0.25) is 4.79 Å². The Morgan fingerprint density at radius 3 is 2.89 bits per heavy atom. The van der Waals surface area contributed by atoms with Crippen LogP contribution in [0, 0.1) is 0 Å².